The van der Waals surface area contributed by atoms with Crippen molar-refractivity contribution >= 4 is 10.2 Å². The normalized spacial score (nSPS) is 19.5. The Morgan fingerprint density at radius 3 is 1.79 bits per heavy atom. The topological polar surface area (TPSA) is 0 Å². The van der Waals surface area contributed by atoms with Crippen molar-refractivity contribution in [1.29, 1.82) is 0 Å². The van der Waals surface area contributed by atoms with Gasteiger partial charge in [0.15, 0.2) is 0 Å². The third-order valence-electron chi connectivity index (χ3n) is 1.37. The molecule has 0 heterocycles. The Morgan fingerprint density at radius 1 is 1.00 bits per heavy atom. The third-order valence-corrected chi connectivity index (χ3v) is 2.56. The van der Waals surface area contributed by atoms with Crippen molar-refractivity contribution in [3.63, 3.8) is 0 Å². The van der Waals surface area contributed by atoms with E-state index in [2.05, 4.69) is 0 Å². The van der Waals surface area contributed by atoms with Crippen LogP contribution in [0.3, 0.4) is 0 Å². The van der Waals surface area contributed by atoms with Gasteiger partial charge in [0.05, 0.1) is 0 Å². The summed E-state index contributed by atoms with van der Waals surface area (Å²) in [7, 11) is -9.47. The van der Waals surface area contributed by atoms with Gasteiger partial charge in [0.25, 0.3) is 0 Å². The second kappa shape index (κ2) is 3.25. The lowest BCUT2D eigenvalue weighted by molar-refractivity contribution is 0.380. The highest BCUT2D eigenvalue weighted by atomic mass is 32.5. The summed E-state index contributed by atoms with van der Waals surface area (Å²) in [5.41, 5.74) is 0. The van der Waals surface area contributed by atoms with Crippen LogP contribution >= 0.6 is 10.2 Å². The highest BCUT2D eigenvalue weighted by molar-refractivity contribution is 8.48. The number of rotatable bonds is 4. The van der Waals surface area contributed by atoms with Gasteiger partial charge in [-0.05, 0) is 18.9 Å². The minimum atomic E-state index is -9.47. The van der Waals surface area contributed by atoms with Crippen LogP contribution in [0.2, 0.25) is 0 Å². The van der Waals surface area contributed by atoms with Crippen LogP contribution in [0.4, 0.5) is 19.4 Å². The van der Waals surface area contributed by atoms with Crippen molar-refractivity contribution in [2.45, 2.75) is 26.7 Å². The van der Waals surface area contributed by atoms with Gasteiger partial charge < -0.3 is 0 Å². The summed E-state index contributed by atoms with van der Waals surface area (Å²) < 4.78 is 61.4. The van der Waals surface area contributed by atoms with Crippen LogP contribution in [0.1, 0.15) is 26.7 Å². The number of hydrogen-bond donors (Lipinski definition) is 0. The van der Waals surface area contributed by atoms with E-state index in [0.717, 1.165) is 6.08 Å². The van der Waals surface area contributed by atoms with E-state index in [-0.39, 0.29) is 12.8 Å². The van der Waals surface area contributed by atoms with E-state index in [1.165, 1.54) is 6.92 Å². The Kier molecular flexibility index (Phi) is 3.13. The van der Waals surface area contributed by atoms with E-state index < -0.39 is 15.1 Å². The Hall–Kier alpha value is -0.520. The molecular formula is C8H13F5S. The van der Waals surface area contributed by atoms with Gasteiger partial charge in [0.1, 0.15) is 4.91 Å². The van der Waals surface area contributed by atoms with Gasteiger partial charge >= 0.3 is 10.2 Å². The molecule has 0 aliphatic rings. The molecule has 0 aliphatic carbocycles. The minimum absolute atomic E-state index is 0.0744. The summed E-state index contributed by atoms with van der Waals surface area (Å²) in [6.07, 6.45) is 2.24. The van der Waals surface area contributed by atoms with E-state index in [9.17, 15) is 19.4 Å². The highest BCUT2D eigenvalue weighted by Gasteiger charge is 2.65. The third kappa shape index (κ3) is 4.64. The van der Waals surface area contributed by atoms with Crippen molar-refractivity contribution in [3.8, 4) is 0 Å². The largest absolute Gasteiger partial charge is 0.310 e. The van der Waals surface area contributed by atoms with E-state index in [1.54, 1.807) is 6.92 Å². The molecule has 0 spiro atoms. The predicted octanol–water partition coefficient (Wildman–Crippen LogP) is 5.55. The first kappa shape index (κ1) is 13.5. The first-order valence-corrected chi connectivity index (χ1v) is 6.07. The molecule has 0 aromatic carbocycles. The highest BCUT2D eigenvalue weighted by Crippen LogP contribution is 3.02. The van der Waals surface area contributed by atoms with E-state index in [0.29, 0.717) is 12.2 Å². The maximum Gasteiger partial charge on any atom is 0.310 e. The molecular weight excluding hydrogens is 223 g/mol. The molecule has 0 aromatic rings. The monoisotopic (exact) mass is 236 g/mol. The molecule has 0 nitrogen and oxygen atoms in total. The summed E-state index contributed by atoms with van der Waals surface area (Å²) in [6, 6.07) is 0. The van der Waals surface area contributed by atoms with Gasteiger partial charge in [-0.25, -0.2) is 0 Å². The maximum absolute atomic E-state index is 12.3. The summed E-state index contributed by atoms with van der Waals surface area (Å²) in [5.74, 6) is 0. The van der Waals surface area contributed by atoms with Crippen LogP contribution < -0.4 is 0 Å². The molecule has 0 radical (unpaired) electrons. The first-order chi connectivity index (χ1) is 6.01. The molecule has 6 heteroatoms. The second-order valence-corrected chi connectivity index (χ2v) is 5.20. The minimum Gasteiger partial charge on any atom is -0.0936 e. The average molecular weight is 236 g/mol. The zero-order valence-electron chi connectivity index (χ0n) is 7.94. The van der Waals surface area contributed by atoms with Crippen LogP contribution in [-0.2, 0) is 0 Å². The Labute approximate surface area is 80.2 Å². The smallest absolute Gasteiger partial charge is 0.0936 e. The Morgan fingerprint density at radius 2 is 1.50 bits per heavy atom. The van der Waals surface area contributed by atoms with Crippen molar-refractivity contribution in [2.75, 3.05) is 0 Å². The maximum atomic E-state index is 12.3. The molecule has 0 unspecified atom stereocenters. The van der Waals surface area contributed by atoms with Gasteiger partial charge in [-0.2, -0.15) is 0 Å². The van der Waals surface area contributed by atoms with Crippen LogP contribution in [0, 0.1) is 0 Å². The van der Waals surface area contributed by atoms with Crippen LogP contribution in [0.5, 0.6) is 0 Å². The number of halogens is 5. The lowest BCUT2D eigenvalue weighted by Gasteiger charge is -2.41. The molecule has 0 saturated carbocycles. The van der Waals surface area contributed by atoms with Gasteiger partial charge in [-0.15, -0.1) is 0 Å². The predicted molar refractivity (Wildman–Crippen MR) is 50.9 cm³/mol. The summed E-state index contributed by atoms with van der Waals surface area (Å²) in [4.78, 5) is -1.80. The van der Waals surface area contributed by atoms with Crippen molar-refractivity contribution in [2.24, 2.45) is 0 Å². The van der Waals surface area contributed by atoms with Gasteiger partial charge in [0, 0.05) is 0 Å². The molecule has 0 amide bonds. The summed E-state index contributed by atoms with van der Waals surface area (Å²) in [6.45, 7) is 2.95. The molecule has 0 bridgehead atoms. The first-order valence-electron chi connectivity index (χ1n) is 4.12. The summed E-state index contributed by atoms with van der Waals surface area (Å²) in [5, 5.41) is 0. The molecule has 0 aliphatic heterocycles. The van der Waals surface area contributed by atoms with Gasteiger partial charge in [-0.3, -0.25) is 0 Å². The molecule has 0 N–H and O–H groups in total. The van der Waals surface area contributed by atoms with Crippen molar-refractivity contribution < 1.29 is 19.4 Å². The molecule has 0 aromatic heterocycles. The van der Waals surface area contributed by atoms with Crippen LogP contribution in [0.25, 0.3) is 0 Å². The van der Waals surface area contributed by atoms with E-state index in [4.69, 9.17) is 0 Å². The molecule has 0 saturated heterocycles. The zero-order chi connectivity index (χ0) is 11.5. The molecule has 14 heavy (non-hydrogen) atoms. The molecule has 0 rings (SSSR count). The SMILES string of the molecule is CC/C=C\C(=C/CC)S(F)(F)(F)(F)F. The van der Waals surface area contributed by atoms with Crippen molar-refractivity contribution in [3.05, 3.63) is 23.1 Å². The zero-order valence-corrected chi connectivity index (χ0v) is 8.76. The molecule has 0 fully saturated rings. The fourth-order valence-electron chi connectivity index (χ4n) is 0.789. The standard InChI is InChI=1S/C8H13F5S/c1-3-5-7-8(6-4-2)14(9,10,11,12)13/h5-7H,3-4H2,1-2H3/b7-5-,8-6+. The Balaban J connectivity index is 5.28. The van der Waals surface area contributed by atoms with E-state index >= 15 is 0 Å². The lowest BCUT2D eigenvalue weighted by Crippen LogP contribution is -2.07. The fraction of sp³-hybridized carbons (Fsp3) is 0.500. The second-order valence-electron chi connectivity index (χ2n) is 2.79. The molecule has 86 valence electrons. The van der Waals surface area contributed by atoms with Crippen molar-refractivity contribution in [1.82, 2.24) is 0 Å². The number of allylic oxidation sites excluding steroid dienone is 3. The average Bonchev–Trinajstić information content (AvgIpc) is 1.92. The van der Waals surface area contributed by atoms with Crippen LogP contribution in [-0.4, -0.2) is 0 Å². The molecule has 0 atom stereocenters. The quantitative estimate of drug-likeness (QED) is 0.443. The fourth-order valence-corrected chi connectivity index (χ4v) is 1.62. The summed E-state index contributed by atoms with van der Waals surface area (Å²) >= 11 is 0. The van der Waals surface area contributed by atoms with Crippen LogP contribution in [0.15, 0.2) is 23.1 Å². The lowest BCUT2D eigenvalue weighted by atomic mass is 10.3. The Bertz CT molecular complexity index is 257. The van der Waals surface area contributed by atoms with E-state index in [1.807, 2.05) is 0 Å². The number of hydrogen-bond acceptors (Lipinski definition) is 0. The van der Waals surface area contributed by atoms with Gasteiger partial charge in [-0.1, -0.05) is 45.4 Å². The van der Waals surface area contributed by atoms with Gasteiger partial charge in [0.2, 0.25) is 0 Å².